The molecule has 30 heavy (non-hydrogen) atoms. The van der Waals surface area contributed by atoms with Gasteiger partial charge in [-0.1, -0.05) is 23.7 Å². The highest BCUT2D eigenvalue weighted by Crippen LogP contribution is 2.26. The Balaban J connectivity index is 1.95. The van der Waals surface area contributed by atoms with Crippen LogP contribution in [-0.2, 0) is 14.8 Å². The second-order valence-corrected chi connectivity index (χ2v) is 10.4. The number of aryl methyl sites for hydroxylation is 2. The predicted octanol–water partition coefficient (Wildman–Crippen LogP) is 5.40. The second kappa shape index (κ2) is 9.36. The van der Waals surface area contributed by atoms with Crippen LogP contribution in [0.1, 0.15) is 11.1 Å². The summed E-state index contributed by atoms with van der Waals surface area (Å²) in [5, 5.41) is 3.25. The lowest BCUT2D eigenvalue weighted by atomic mass is 10.2. The van der Waals surface area contributed by atoms with Crippen LogP contribution in [-0.4, -0.2) is 20.9 Å². The van der Waals surface area contributed by atoms with Gasteiger partial charge in [-0.05, 0) is 102 Å². The average Bonchev–Trinajstić information content (AvgIpc) is 2.68. The van der Waals surface area contributed by atoms with Crippen LogP contribution < -0.4 is 9.62 Å². The number of nitrogens with one attached hydrogen (secondary N) is 1. The van der Waals surface area contributed by atoms with Crippen LogP contribution in [0.15, 0.2) is 71.6 Å². The van der Waals surface area contributed by atoms with Crippen molar-refractivity contribution in [2.24, 2.45) is 0 Å². The predicted molar refractivity (Wildman–Crippen MR) is 130 cm³/mol. The van der Waals surface area contributed by atoms with Crippen molar-refractivity contribution < 1.29 is 13.2 Å². The van der Waals surface area contributed by atoms with Crippen molar-refractivity contribution in [2.75, 3.05) is 16.2 Å². The molecule has 1 N–H and O–H groups in total. The zero-order chi connectivity index (χ0) is 21.9. The summed E-state index contributed by atoms with van der Waals surface area (Å²) in [6, 6.07) is 18.5. The van der Waals surface area contributed by atoms with Gasteiger partial charge in [0, 0.05) is 14.3 Å². The van der Waals surface area contributed by atoms with Crippen LogP contribution in [0.2, 0.25) is 5.02 Å². The molecule has 3 rings (SSSR count). The Hall–Kier alpha value is -2.10. The minimum atomic E-state index is -3.98. The van der Waals surface area contributed by atoms with Crippen LogP contribution in [0.5, 0.6) is 0 Å². The van der Waals surface area contributed by atoms with E-state index in [1.165, 1.54) is 24.3 Å². The average molecular weight is 555 g/mol. The molecule has 5 nitrogen and oxygen atoms in total. The molecule has 0 bridgehead atoms. The normalized spacial score (nSPS) is 11.2. The molecule has 0 aliphatic carbocycles. The van der Waals surface area contributed by atoms with E-state index in [0.29, 0.717) is 16.4 Å². The Labute approximate surface area is 195 Å². The third-order valence-corrected chi connectivity index (χ3v) is 7.15. The fraction of sp³-hybridized carbons (Fsp3) is 0.136. The number of nitrogens with zero attached hydrogens (tertiary/aromatic N) is 1. The van der Waals surface area contributed by atoms with Crippen molar-refractivity contribution in [1.29, 1.82) is 0 Å². The van der Waals surface area contributed by atoms with Gasteiger partial charge in [0.25, 0.3) is 10.0 Å². The highest BCUT2D eigenvalue weighted by molar-refractivity contribution is 14.1. The topological polar surface area (TPSA) is 66.5 Å². The maximum Gasteiger partial charge on any atom is 0.264 e. The number of hydrogen-bond acceptors (Lipinski definition) is 3. The molecule has 0 aromatic heterocycles. The van der Waals surface area contributed by atoms with E-state index in [0.717, 1.165) is 19.0 Å². The zero-order valence-corrected chi connectivity index (χ0v) is 20.1. The molecule has 0 saturated heterocycles. The molecule has 0 aliphatic heterocycles. The quantitative estimate of drug-likeness (QED) is 0.415. The summed E-state index contributed by atoms with van der Waals surface area (Å²) >= 11 is 8.10. The largest absolute Gasteiger partial charge is 0.324 e. The van der Waals surface area contributed by atoms with E-state index in [9.17, 15) is 13.2 Å². The molecule has 0 aliphatic rings. The van der Waals surface area contributed by atoms with Gasteiger partial charge in [0.15, 0.2) is 0 Å². The van der Waals surface area contributed by atoms with Gasteiger partial charge >= 0.3 is 0 Å². The smallest absolute Gasteiger partial charge is 0.264 e. The first-order valence-corrected chi connectivity index (χ1v) is 12.0. The van der Waals surface area contributed by atoms with Crippen LogP contribution >= 0.6 is 34.2 Å². The minimum absolute atomic E-state index is 0.0617. The van der Waals surface area contributed by atoms with E-state index < -0.39 is 15.9 Å². The maximum atomic E-state index is 13.4. The molecule has 0 saturated carbocycles. The number of sulfonamides is 1. The van der Waals surface area contributed by atoms with Gasteiger partial charge in [0.2, 0.25) is 5.91 Å². The lowest BCUT2D eigenvalue weighted by Gasteiger charge is -2.24. The molecule has 1 amide bonds. The van der Waals surface area contributed by atoms with Crippen molar-refractivity contribution in [2.45, 2.75) is 18.7 Å². The Morgan fingerprint density at radius 3 is 2.37 bits per heavy atom. The van der Waals surface area contributed by atoms with E-state index in [-0.39, 0.29) is 11.4 Å². The number of carbonyl (C=O) groups is 1. The van der Waals surface area contributed by atoms with Gasteiger partial charge in [-0.2, -0.15) is 0 Å². The number of amides is 1. The third kappa shape index (κ3) is 5.33. The van der Waals surface area contributed by atoms with Gasteiger partial charge in [-0.15, -0.1) is 0 Å². The molecule has 0 fully saturated rings. The fourth-order valence-corrected chi connectivity index (χ4v) is 5.11. The Kier molecular flexibility index (Phi) is 7.05. The van der Waals surface area contributed by atoms with Crippen LogP contribution in [0.25, 0.3) is 0 Å². The van der Waals surface area contributed by atoms with Crippen LogP contribution in [0.4, 0.5) is 11.4 Å². The molecule has 3 aromatic rings. The Morgan fingerprint density at radius 1 is 1.03 bits per heavy atom. The van der Waals surface area contributed by atoms with E-state index in [4.69, 9.17) is 11.6 Å². The molecule has 0 spiro atoms. The van der Waals surface area contributed by atoms with E-state index >= 15 is 0 Å². The molecule has 0 radical (unpaired) electrons. The van der Waals surface area contributed by atoms with Crippen LogP contribution in [0, 0.1) is 17.4 Å². The van der Waals surface area contributed by atoms with Crippen molar-refractivity contribution in [3.05, 3.63) is 86.4 Å². The Bertz CT molecular complexity index is 1180. The summed E-state index contributed by atoms with van der Waals surface area (Å²) in [5.41, 5.74) is 2.85. The lowest BCUT2D eigenvalue weighted by molar-refractivity contribution is -0.114. The minimum Gasteiger partial charge on any atom is -0.324 e. The summed E-state index contributed by atoms with van der Waals surface area (Å²) in [6.45, 7) is 3.39. The maximum absolute atomic E-state index is 13.4. The number of benzene rings is 3. The highest BCUT2D eigenvalue weighted by Gasteiger charge is 2.27. The zero-order valence-electron chi connectivity index (χ0n) is 16.4. The van der Waals surface area contributed by atoms with E-state index in [2.05, 4.69) is 27.9 Å². The van der Waals surface area contributed by atoms with Gasteiger partial charge in [0.05, 0.1) is 10.6 Å². The first-order chi connectivity index (χ1) is 14.2. The van der Waals surface area contributed by atoms with Crippen molar-refractivity contribution in [3.63, 3.8) is 0 Å². The fourth-order valence-electron chi connectivity index (χ4n) is 2.92. The van der Waals surface area contributed by atoms with Crippen molar-refractivity contribution in [3.8, 4) is 0 Å². The Morgan fingerprint density at radius 2 is 1.73 bits per heavy atom. The van der Waals surface area contributed by atoms with Gasteiger partial charge in [-0.3, -0.25) is 9.10 Å². The van der Waals surface area contributed by atoms with Crippen molar-refractivity contribution >= 4 is 61.5 Å². The summed E-state index contributed by atoms with van der Waals surface area (Å²) in [6.07, 6.45) is 0. The molecule has 0 unspecified atom stereocenters. The third-order valence-electron chi connectivity index (χ3n) is 4.44. The van der Waals surface area contributed by atoms with Gasteiger partial charge in [0.1, 0.15) is 6.54 Å². The second-order valence-electron chi connectivity index (χ2n) is 6.81. The molecule has 0 heterocycles. The number of rotatable bonds is 6. The summed E-state index contributed by atoms with van der Waals surface area (Å²) in [4.78, 5) is 12.9. The standard InChI is InChI=1S/C22H20ClIN2O3S/c1-15-4-3-5-19(12-15)26(30(28,29)20-9-6-17(23)7-10-20)14-22(27)25-21-11-8-18(24)13-16(21)2/h3-13H,14H2,1-2H3,(H,25,27). The van der Waals surface area contributed by atoms with Gasteiger partial charge < -0.3 is 5.32 Å². The van der Waals surface area contributed by atoms with Crippen molar-refractivity contribution in [1.82, 2.24) is 0 Å². The van der Waals surface area contributed by atoms with Crippen LogP contribution in [0.3, 0.4) is 0 Å². The molecule has 8 heteroatoms. The molecule has 156 valence electrons. The highest BCUT2D eigenvalue weighted by atomic mass is 127. The first-order valence-electron chi connectivity index (χ1n) is 9.08. The number of carbonyl (C=O) groups excluding carboxylic acids is 1. The number of hydrogen-bond donors (Lipinski definition) is 1. The molecular weight excluding hydrogens is 535 g/mol. The molecule has 0 atom stereocenters. The molecule has 3 aromatic carbocycles. The number of anilines is 2. The van der Waals surface area contributed by atoms with Gasteiger partial charge in [-0.25, -0.2) is 8.42 Å². The van der Waals surface area contributed by atoms with E-state index in [1.807, 2.05) is 32.0 Å². The SMILES string of the molecule is Cc1cccc(N(CC(=O)Nc2ccc(I)cc2C)S(=O)(=O)c2ccc(Cl)cc2)c1. The lowest BCUT2D eigenvalue weighted by Crippen LogP contribution is -2.38. The summed E-state index contributed by atoms with van der Waals surface area (Å²) < 4.78 is 28.9. The van der Waals surface area contributed by atoms with E-state index in [1.54, 1.807) is 24.3 Å². The summed E-state index contributed by atoms with van der Waals surface area (Å²) in [5.74, 6) is -0.432. The molecular formula is C22H20ClIN2O3S. The monoisotopic (exact) mass is 554 g/mol. The first kappa shape index (κ1) is 22.6. The number of halogens is 2. The summed E-state index contributed by atoms with van der Waals surface area (Å²) in [7, 11) is -3.98.